The topological polar surface area (TPSA) is 23.6 Å². The summed E-state index contributed by atoms with van der Waals surface area (Å²) < 4.78 is 0. The summed E-state index contributed by atoms with van der Waals surface area (Å²) in [4.78, 5) is 16.2. The second-order valence-corrected chi connectivity index (χ2v) is 6.54. The second kappa shape index (κ2) is 3.98. The van der Waals surface area contributed by atoms with Gasteiger partial charge >= 0.3 is 0 Å². The molecular weight excluding hydrogens is 212 g/mol. The number of carbonyl (C=O) groups excluding carboxylic acids is 1. The average Bonchev–Trinajstić information content (AvgIpc) is 2.73. The van der Waals surface area contributed by atoms with E-state index >= 15 is 0 Å². The monoisotopic (exact) mass is 236 g/mol. The number of rotatable bonds is 2. The van der Waals surface area contributed by atoms with E-state index in [0.717, 1.165) is 31.0 Å². The number of likely N-dealkylation sites (tertiary alicyclic amines) is 2. The molecule has 1 aliphatic carbocycles. The van der Waals surface area contributed by atoms with Gasteiger partial charge in [-0.05, 0) is 31.1 Å². The molecule has 3 fully saturated rings. The Morgan fingerprint density at radius 3 is 2.24 bits per heavy atom. The minimum atomic E-state index is 0.269. The molecule has 2 heterocycles. The molecule has 3 rings (SSSR count). The van der Waals surface area contributed by atoms with Gasteiger partial charge in [0.25, 0.3) is 0 Å². The van der Waals surface area contributed by atoms with Gasteiger partial charge in [-0.3, -0.25) is 9.69 Å². The summed E-state index contributed by atoms with van der Waals surface area (Å²) in [5, 5.41) is 0. The van der Waals surface area contributed by atoms with Gasteiger partial charge in [0, 0.05) is 38.1 Å². The standard InChI is InChI=1S/C14H24N2O/c1-9(2)11-4-12(5-11)16-8-13-6-14(16)7-15(13)10(3)17/h9,11-14H,4-8H2,1-3H3/t11-,12+,13?,14?. The quantitative estimate of drug-likeness (QED) is 0.729. The third-order valence-electron chi connectivity index (χ3n) is 5.25. The van der Waals surface area contributed by atoms with E-state index in [9.17, 15) is 4.79 Å². The molecule has 96 valence electrons. The van der Waals surface area contributed by atoms with E-state index in [-0.39, 0.29) is 5.91 Å². The Hall–Kier alpha value is -0.570. The van der Waals surface area contributed by atoms with Crippen molar-refractivity contribution in [3.8, 4) is 0 Å². The number of hydrogen-bond donors (Lipinski definition) is 0. The van der Waals surface area contributed by atoms with Crippen LogP contribution in [0.4, 0.5) is 0 Å². The fraction of sp³-hybridized carbons (Fsp3) is 0.929. The number of nitrogens with zero attached hydrogens (tertiary/aromatic N) is 2. The highest BCUT2D eigenvalue weighted by Crippen LogP contribution is 2.42. The van der Waals surface area contributed by atoms with Crippen molar-refractivity contribution in [1.29, 1.82) is 0 Å². The first kappa shape index (κ1) is 11.5. The lowest BCUT2D eigenvalue weighted by atomic mass is 9.73. The van der Waals surface area contributed by atoms with Crippen molar-refractivity contribution >= 4 is 5.91 Å². The van der Waals surface area contributed by atoms with Crippen LogP contribution in [0, 0.1) is 11.8 Å². The molecule has 1 amide bonds. The van der Waals surface area contributed by atoms with Crippen LogP contribution in [-0.2, 0) is 4.79 Å². The summed E-state index contributed by atoms with van der Waals surface area (Å²) in [6.07, 6.45) is 4.00. The van der Waals surface area contributed by atoms with Crippen LogP contribution >= 0.6 is 0 Å². The lowest BCUT2D eigenvalue weighted by Crippen LogP contribution is -2.55. The molecule has 0 radical (unpaired) electrons. The third kappa shape index (κ3) is 1.79. The molecule has 3 heteroatoms. The van der Waals surface area contributed by atoms with Gasteiger partial charge in [0.1, 0.15) is 0 Å². The highest BCUT2D eigenvalue weighted by Gasteiger charge is 2.49. The largest absolute Gasteiger partial charge is 0.337 e. The van der Waals surface area contributed by atoms with Crippen molar-refractivity contribution in [3.05, 3.63) is 0 Å². The Bertz CT molecular complexity index is 322. The fourth-order valence-corrected chi connectivity index (χ4v) is 3.98. The van der Waals surface area contributed by atoms with E-state index in [1.54, 1.807) is 6.92 Å². The molecule has 0 aromatic heterocycles. The Labute approximate surface area is 104 Å². The summed E-state index contributed by atoms with van der Waals surface area (Å²) in [6, 6.07) is 2.02. The molecule has 0 spiro atoms. The zero-order chi connectivity index (χ0) is 12.2. The average molecular weight is 236 g/mol. The first-order valence-electron chi connectivity index (χ1n) is 7.09. The van der Waals surface area contributed by atoms with Crippen molar-refractivity contribution in [2.75, 3.05) is 13.1 Å². The molecule has 17 heavy (non-hydrogen) atoms. The molecule has 3 aliphatic rings. The van der Waals surface area contributed by atoms with E-state index in [4.69, 9.17) is 0 Å². The van der Waals surface area contributed by atoms with E-state index in [0.29, 0.717) is 12.1 Å². The first-order valence-corrected chi connectivity index (χ1v) is 7.09. The fourth-order valence-electron chi connectivity index (χ4n) is 3.98. The third-order valence-corrected chi connectivity index (χ3v) is 5.25. The van der Waals surface area contributed by atoms with Gasteiger partial charge < -0.3 is 4.90 Å². The van der Waals surface area contributed by atoms with Gasteiger partial charge in [-0.1, -0.05) is 13.8 Å². The molecule has 2 bridgehead atoms. The van der Waals surface area contributed by atoms with Gasteiger partial charge in [-0.2, -0.15) is 0 Å². The maximum atomic E-state index is 11.4. The molecule has 2 saturated heterocycles. The van der Waals surface area contributed by atoms with Crippen molar-refractivity contribution in [2.24, 2.45) is 11.8 Å². The summed E-state index contributed by atoms with van der Waals surface area (Å²) in [5.41, 5.74) is 0. The van der Waals surface area contributed by atoms with Crippen LogP contribution < -0.4 is 0 Å². The minimum Gasteiger partial charge on any atom is -0.337 e. The predicted octanol–water partition coefficient (Wildman–Crippen LogP) is 1.73. The lowest BCUT2D eigenvalue weighted by molar-refractivity contribution is -0.131. The molecule has 0 aromatic rings. The van der Waals surface area contributed by atoms with Gasteiger partial charge in [-0.15, -0.1) is 0 Å². The van der Waals surface area contributed by atoms with Crippen molar-refractivity contribution < 1.29 is 4.79 Å². The van der Waals surface area contributed by atoms with Crippen LogP contribution in [-0.4, -0.2) is 46.9 Å². The van der Waals surface area contributed by atoms with E-state index in [1.807, 2.05) is 0 Å². The number of piperazine rings is 1. The second-order valence-electron chi connectivity index (χ2n) is 6.54. The molecule has 3 nitrogen and oxygen atoms in total. The van der Waals surface area contributed by atoms with Crippen LogP contribution in [0.3, 0.4) is 0 Å². The Morgan fingerprint density at radius 2 is 1.76 bits per heavy atom. The molecule has 0 N–H and O–H groups in total. The molecule has 0 aromatic carbocycles. The summed E-state index contributed by atoms with van der Waals surface area (Å²) in [6.45, 7) is 8.52. The van der Waals surface area contributed by atoms with E-state index in [2.05, 4.69) is 23.6 Å². The number of carbonyl (C=O) groups is 1. The van der Waals surface area contributed by atoms with Crippen LogP contribution in [0.15, 0.2) is 0 Å². The minimum absolute atomic E-state index is 0.269. The Balaban J connectivity index is 1.55. The van der Waals surface area contributed by atoms with Crippen molar-refractivity contribution in [1.82, 2.24) is 9.80 Å². The molecular formula is C14H24N2O. The van der Waals surface area contributed by atoms with Crippen molar-refractivity contribution in [2.45, 2.75) is 58.2 Å². The smallest absolute Gasteiger partial charge is 0.219 e. The van der Waals surface area contributed by atoms with Gasteiger partial charge in [0.2, 0.25) is 5.91 Å². The highest BCUT2D eigenvalue weighted by molar-refractivity contribution is 5.74. The van der Waals surface area contributed by atoms with E-state index < -0.39 is 0 Å². The van der Waals surface area contributed by atoms with E-state index in [1.165, 1.54) is 19.3 Å². The van der Waals surface area contributed by atoms with Gasteiger partial charge in [-0.25, -0.2) is 0 Å². The lowest BCUT2D eigenvalue weighted by Gasteiger charge is -2.47. The number of amides is 1. The predicted molar refractivity (Wildman–Crippen MR) is 67.6 cm³/mol. The van der Waals surface area contributed by atoms with Crippen LogP contribution in [0.1, 0.15) is 40.0 Å². The zero-order valence-corrected chi connectivity index (χ0v) is 11.2. The normalized spacial score (nSPS) is 41.1. The van der Waals surface area contributed by atoms with Crippen molar-refractivity contribution in [3.63, 3.8) is 0 Å². The summed E-state index contributed by atoms with van der Waals surface area (Å²) in [7, 11) is 0. The summed E-state index contributed by atoms with van der Waals surface area (Å²) >= 11 is 0. The van der Waals surface area contributed by atoms with Crippen LogP contribution in [0.2, 0.25) is 0 Å². The molecule has 2 unspecified atom stereocenters. The molecule has 1 saturated carbocycles. The molecule has 2 aliphatic heterocycles. The van der Waals surface area contributed by atoms with Crippen LogP contribution in [0.25, 0.3) is 0 Å². The van der Waals surface area contributed by atoms with Gasteiger partial charge in [0.15, 0.2) is 0 Å². The number of hydrogen-bond acceptors (Lipinski definition) is 2. The zero-order valence-electron chi connectivity index (χ0n) is 11.2. The van der Waals surface area contributed by atoms with Crippen LogP contribution in [0.5, 0.6) is 0 Å². The Morgan fingerprint density at radius 1 is 1.06 bits per heavy atom. The van der Waals surface area contributed by atoms with Gasteiger partial charge in [0.05, 0.1) is 0 Å². The maximum Gasteiger partial charge on any atom is 0.219 e. The SMILES string of the molecule is CC(=O)N1CC2CC1CN2[C@H]1C[C@@H](C(C)C)C1. The highest BCUT2D eigenvalue weighted by atomic mass is 16.2. The molecule has 2 atom stereocenters. The number of fused-ring (bicyclic) bond motifs is 2. The first-order chi connectivity index (χ1) is 8.06. The maximum absolute atomic E-state index is 11.4. The summed E-state index contributed by atoms with van der Waals surface area (Å²) in [5.74, 6) is 2.06. The Kier molecular flexibility index (Phi) is 2.69.